The second kappa shape index (κ2) is 12.6. The predicted molar refractivity (Wildman–Crippen MR) is 125 cm³/mol. The molecule has 2 N–H and O–H groups in total. The summed E-state index contributed by atoms with van der Waals surface area (Å²) < 4.78 is 42.2. The molecule has 10 heteroatoms. The molecular weight excluding hydrogens is 461 g/mol. The van der Waals surface area contributed by atoms with Gasteiger partial charge in [0.1, 0.15) is 18.3 Å². The Morgan fingerprint density at radius 1 is 0.941 bits per heavy atom. The van der Waals surface area contributed by atoms with Crippen LogP contribution < -0.4 is 5.32 Å². The van der Waals surface area contributed by atoms with E-state index >= 15 is 0 Å². The fourth-order valence-corrected chi connectivity index (χ4v) is 5.45. The molecule has 1 fully saturated rings. The second-order valence-corrected chi connectivity index (χ2v) is 10.2. The summed E-state index contributed by atoms with van der Waals surface area (Å²) in [5.74, 6) is -1.60. The highest BCUT2D eigenvalue weighted by atomic mass is 31.2. The Kier molecular flexibility index (Phi) is 9.79. The minimum Gasteiger partial charge on any atom is -0.394 e. The van der Waals surface area contributed by atoms with Crippen molar-refractivity contribution in [3.63, 3.8) is 0 Å². The van der Waals surface area contributed by atoms with E-state index in [1.807, 2.05) is 60.7 Å². The van der Waals surface area contributed by atoms with Gasteiger partial charge in [-0.1, -0.05) is 60.7 Å². The van der Waals surface area contributed by atoms with Crippen molar-refractivity contribution in [1.82, 2.24) is 5.32 Å². The third-order valence-corrected chi connectivity index (χ3v) is 7.69. The first-order chi connectivity index (χ1) is 16.4. The zero-order valence-corrected chi connectivity index (χ0v) is 20.4. The highest BCUT2D eigenvalue weighted by Gasteiger charge is 2.55. The molecular formula is C24H32NO8P. The van der Waals surface area contributed by atoms with E-state index in [1.54, 1.807) is 0 Å². The fourth-order valence-electron chi connectivity index (χ4n) is 3.94. The van der Waals surface area contributed by atoms with Crippen LogP contribution in [0.15, 0.2) is 60.7 Å². The highest BCUT2D eigenvalue weighted by molar-refractivity contribution is 7.54. The van der Waals surface area contributed by atoms with E-state index in [1.165, 1.54) is 21.1 Å². The standard InChI is InChI=1S/C24H32NO8P/c1-17(27)25-21-23(32-16-19-12-8-5-9-13-19)22(31-15-18-10-6-4-7-11-18)20(14-26)33-24(21)34(28,29-2)30-3/h4-13,20-24,26H,14-16H2,1-3H3,(H,25,27)/t20-,21-,22-,23-,24+/m1/s1. The molecule has 0 spiro atoms. The first-order valence-electron chi connectivity index (χ1n) is 11.0. The second-order valence-electron chi connectivity index (χ2n) is 7.90. The van der Waals surface area contributed by atoms with Crippen LogP contribution in [-0.2, 0) is 45.8 Å². The molecule has 5 atom stereocenters. The molecule has 1 amide bonds. The quantitative estimate of drug-likeness (QED) is 0.460. The number of nitrogens with one attached hydrogen (secondary N) is 1. The summed E-state index contributed by atoms with van der Waals surface area (Å²) in [6, 6.07) is 18.1. The van der Waals surface area contributed by atoms with Gasteiger partial charge < -0.3 is 33.7 Å². The van der Waals surface area contributed by atoms with Gasteiger partial charge >= 0.3 is 7.60 Å². The smallest absolute Gasteiger partial charge is 0.360 e. The molecule has 0 unspecified atom stereocenters. The van der Waals surface area contributed by atoms with Gasteiger partial charge in [0.05, 0.1) is 25.9 Å². The minimum atomic E-state index is -3.84. The normalized spacial score (nSPS) is 25.1. The first-order valence-corrected chi connectivity index (χ1v) is 12.6. The monoisotopic (exact) mass is 493 g/mol. The van der Waals surface area contributed by atoms with Crippen LogP contribution in [0.5, 0.6) is 0 Å². The first kappa shape index (κ1) is 26.5. The lowest BCUT2D eigenvalue weighted by Gasteiger charge is -2.47. The van der Waals surface area contributed by atoms with Crippen molar-refractivity contribution in [2.45, 2.75) is 50.3 Å². The third kappa shape index (κ3) is 6.52. The molecule has 3 rings (SSSR count). The van der Waals surface area contributed by atoms with Gasteiger partial charge in [0.15, 0.2) is 5.85 Å². The van der Waals surface area contributed by atoms with Crippen molar-refractivity contribution in [2.75, 3.05) is 20.8 Å². The summed E-state index contributed by atoms with van der Waals surface area (Å²) in [6.07, 6.45) is -2.52. The van der Waals surface area contributed by atoms with Crippen LogP contribution in [0.3, 0.4) is 0 Å². The zero-order valence-electron chi connectivity index (χ0n) is 19.5. The molecule has 0 radical (unpaired) electrons. The van der Waals surface area contributed by atoms with Gasteiger partial charge in [0.25, 0.3) is 0 Å². The van der Waals surface area contributed by atoms with Crippen molar-refractivity contribution in [3.05, 3.63) is 71.8 Å². The van der Waals surface area contributed by atoms with Crippen LogP contribution in [0.4, 0.5) is 0 Å². The van der Waals surface area contributed by atoms with Gasteiger partial charge in [0.2, 0.25) is 5.91 Å². The maximum Gasteiger partial charge on any atom is 0.360 e. The SMILES string of the molecule is COP(=O)(OC)[C@@H]1O[C@H](CO)[C@@H](OCc2ccccc2)[C@H](OCc2ccccc2)[C@H]1NC(C)=O. The number of carbonyl (C=O) groups is 1. The van der Waals surface area contributed by atoms with E-state index in [4.69, 9.17) is 23.3 Å². The van der Waals surface area contributed by atoms with Crippen LogP contribution in [0, 0.1) is 0 Å². The Bertz CT molecular complexity index is 937. The van der Waals surface area contributed by atoms with Gasteiger partial charge in [-0.15, -0.1) is 0 Å². The maximum absolute atomic E-state index is 13.4. The van der Waals surface area contributed by atoms with Crippen molar-refractivity contribution in [3.8, 4) is 0 Å². The van der Waals surface area contributed by atoms with Crippen LogP contribution in [0.1, 0.15) is 18.1 Å². The summed E-state index contributed by atoms with van der Waals surface area (Å²) in [4.78, 5) is 12.1. The highest BCUT2D eigenvalue weighted by Crippen LogP contribution is 2.56. The molecule has 1 aliphatic heterocycles. The zero-order chi connectivity index (χ0) is 24.6. The Labute approximate surface area is 199 Å². The van der Waals surface area contributed by atoms with Gasteiger partial charge in [0, 0.05) is 21.1 Å². The van der Waals surface area contributed by atoms with Gasteiger partial charge in [-0.3, -0.25) is 9.36 Å². The molecule has 0 aliphatic carbocycles. The van der Waals surface area contributed by atoms with Crippen molar-refractivity contribution in [2.24, 2.45) is 0 Å². The van der Waals surface area contributed by atoms with Gasteiger partial charge in [-0.2, -0.15) is 0 Å². The number of aliphatic hydroxyl groups excluding tert-OH is 1. The lowest BCUT2D eigenvalue weighted by Crippen LogP contribution is -2.65. The molecule has 0 saturated carbocycles. The summed E-state index contributed by atoms with van der Waals surface area (Å²) in [6.45, 7) is 1.33. The molecule has 2 aromatic rings. The average Bonchev–Trinajstić information content (AvgIpc) is 2.87. The van der Waals surface area contributed by atoms with E-state index in [-0.39, 0.29) is 19.1 Å². The topological polar surface area (TPSA) is 113 Å². The molecule has 1 aliphatic rings. The van der Waals surface area contributed by atoms with Crippen molar-refractivity contribution < 1.29 is 37.7 Å². The number of benzene rings is 2. The summed E-state index contributed by atoms with van der Waals surface area (Å²) in [5.41, 5.74) is 1.81. The molecule has 2 aromatic carbocycles. The van der Waals surface area contributed by atoms with Gasteiger partial charge in [-0.25, -0.2) is 0 Å². The van der Waals surface area contributed by atoms with E-state index in [9.17, 15) is 14.5 Å². The number of hydrogen-bond donors (Lipinski definition) is 2. The van der Waals surface area contributed by atoms with E-state index in [2.05, 4.69) is 5.32 Å². The fraction of sp³-hybridized carbons (Fsp3) is 0.458. The summed E-state index contributed by atoms with van der Waals surface area (Å²) in [7, 11) is -1.36. The van der Waals surface area contributed by atoms with Crippen molar-refractivity contribution in [1.29, 1.82) is 0 Å². The molecule has 0 aromatic heterocycles. The van der Waals surface area contributed by atoms with E-state index < -0.39 is 44.4 Å². The van der Waals surface area contributed by atoms with Crippen molar-refractivity contribution >= 4 is 13.5 Å². The lowest BCUT2D eigenvalue weighted by atomic mass is 9.97. The average molecular weight is 493 g/mol. The maximum atomic E-state index is 13.4. The van der Waals surface area contributed by atoms with Crippen LogP contribution in [0.2, 0.25) is 0 Å². The van der Waals surface area contributed by atoms with Crippen LogP contribution in [-0.4, -0.2) is 62.0 Å². The number of aliphatic hydroxyl groups is 1. The Morgan fingerprint density at radius 3 is 1.88 bits per heavy atom. The number of carbonyl (C=O) groups excluding carboxylic acids is 1. The number of rotatable bonds is 11. The summed E-state index contributed by atoms with van der Waals surface area (Å²) >= 11 is 0. The predicted octanol–water partition coefficient (Wildman–Crippen LogP) is 2.87. The van der Waals surface area contributed by atoms with E-state index in [0.717, 1.165) is 11.1 Å². The molecule has 9 nitrogen and oxygen atoms in total. The van der Waals surface area contributed by atoms with Crippen LogP contribution in [0.25, 0.3) is 0 Å². The summed E-state index contributed by atoms with van der Waals surface area (Å²) in [5, 5.41) is 12.9. The molecule has 34 heavy (non-hydrogen) atoms. The third-order valence-electron chi connectivity index (χ3n) is 5.61. The molecule has 1 saturated heterocycles. The largest absolute Gasteiger partial charge is 0.394 e. The number of amides is 1. The van der Waals surface area contributed by atoms with E-state index in [0.29, 0.717) is 0 Å². The van der Waals surface area contributed by atoms with Gasteiger partial charge in [-0.05, 0) is 11.1 Å². The molecule has 1 heterocycles. The van der Waals surface area contributed by atoms with Crippen LogP contribution >= 0.6 is 7.60 Å². The Hall–Kier alpha value is -2.10. The minimum absolute atomic E-state index is 0.196. The number of ether oxygens (including phenoxy) is 3. The Morgan fingerprint density at radius 2 is 1.44 bits per heavy atom. The Balaban J connectivity index is 1.96. The molecule has 0 bridgehead atoms. The number of hydrogen-bond acceptors (Lipinski definition) is 8. The lowest BCUT2D eigenvalue weighted by molar-refractivity contribution is -0.216. The molecule has 186 valence electrons.